The molecule has 1 aromatic heterocycles. The SMILES string of the molecule is COc1ccc(C=CC(=O)N[C@@H](Cc2c[nH]c3ccccc23)C(=O)O)cc1. The Labute approximate surface area is 156 Å². The minimum atomic E-state index is -1.08. The van der Waals surface area contributed by atoms with Gasteiger partial charge in [-0.15, -0.1) is 0 Å². The summed E-state index contributed by atoms with van der Waals surface area (Å²) in [7, 11) is 1.58. The Balaban J connectivity index is 1.67. The van der Waals surface area contributed by atoms with Crippen molar-refractivity contribution < 1.29 is 19.4 Å². The van der Waals surface area contributed by atoms with Crippen molar-refractivity contribution in [1.29, 1.82) is 0 Å². The number of fused-ring (bicyclic) bond motifs is 1. The lowest BCUT2D eigenvalue weighted by Gasteiger charge is -2.12. The Bertz CT molecular complexity index is 973. The van der Waals surface area contributed by atoms with Crippen LogP contribution in [-0.4, -0.2) is 35.1 Å². The van der Waals surface area contributed by atoms with E-state index in [4.69, 9.17) is 4.74 Å². The number of aromatic nitrogens is 1. The molecule has 1 atom stereocenters. The van der Waals surface area contributed by atoms with E-state index in [-0.39, 0.29) is 6.42 Å². The molecule has 0 saturated carbocycles. The smallest absolute Gasteiger partial charge is 0.326 e. The number of rotatable bonds is 7. The summed E-state index contributed by atoms with van der Waals surface area (Å²) in [6.07, 6.45) is 4.92. The van der Waals surface area contributed by atoms with Gasteiger partial charge in [0, 0.05) is 29.6 Å². The number of nitrogens with one attached hydrogen (secondary N) is 2. The first-order valence-corrected chi connectivity index (χ1v) is 8.47. The molecule has 1 heterocycles. The molecule has 1 amide bonds. The number of ether oxygens (including phenoxy) is 1. The molecule has 6 heteroatoms. The molecule has 0 unspecified atom stereocenters. The molecule has 0 bridgehead atoms. The van der Waals surface area contributed by atoms with Gasteiger partial charge in [0.1, 0.15) is 11.8 Å². The average molecular weight is 364 g/mol. The van der Waals surface area contributed by atoms with Crippen molar-refractivity contribution in [1.82, 2.24) is 10.3 Å². The van der Waals surface area contributed by atoms with Gasteiger partial charge in [0.15, 0.2) is 0 Å². The molecule has 3 N–H and O–H groups in total. The molecule has 3 aromatic rings. The minimum Gasteiger partial charge on any atom is -0.497 e. The van der Waals surface area contributed by atoms with Crippen molar-refractivity contribution >= 4 is 28.9 Å². The fourth-order valence-corrected chi connectivity index (χ4v) is 2.83. The molecular weight excluding hydrogens is 344 g/mol. The average Bonchev–Trinajstić information content (AvgIpc) is 3.09. The number of aliphatic carboxylic acids is 1. The van der Waals surface area contributed by atoms with Crippen molar-refractivity contribution in [2.24, 2.45) is 0 Å². The second-order valence-electron chi connectivity index (χ2n) is 6.07. The lowest BCUT2D eigenvalue weighted by Crippen LogP contribution is -2.41. The number of carboxylic acid groups (broad SMARTS) is 1. The van der Waals surface area contributed by atoms with Crippen LogP contribution in [-0.2, 0) is 16.0 Å². The lowest BCUT2D eigenvalue weighted by molar-refractivity contribution is -0.141. The third-order valence-electron chi connectivity index (χ3n) is 4.26. The Morgan fingerprint density at radius 3 is 2.63 bits per heavy atom. The van der Waals surface area contributed by atoms with Gasteiger partial charge in [0.05, 0.1) is 7.11 Å². The van der Waals surface area contributed by atoms with Gasteiger partial charge in [-0.3, -0.25) is 4.79 Å². The van der Waals surface area contributed by atoms with Crippen LogP contribution in [0.4, 0.5) is 0 Å². The van der Waals surface area contributed by atoms with Crippen LogP contribution < -0.4 is 10.1 Å². The van der Waals surface area contributed by atoms with E-state index in [1.807, 2.05) is 36.4 Å². The third-order valence-corrected chi connectivity index (χ3v) is 4.26. The van der Waals surface area contributed by atoms with Crippen LogP contribution in [0.3, 0.4) is 0 Å². The normalized spacial score (nSPS) is 12.2. The molecule has 0 spiro atoms. The molecule has 0 aliphatic heterocycles. The molecule has 0 aliphatic rings. The molecule has 138 valence electrons. The number of hydrogen-bond acceptors (Lipinski definition) is 3. The topological polar surface area (TPSA) is 91.4 Å². The van der Waals surface area contributed by atoms with Gasteiger partial charge < -0.3 is 20.1 Å². The fourth-order valence-electron chi connectivity index (χ4n) is 2.83. The number of benzene rings is 2. The molecule has 0 saturated heterocycles. The van der Waals surface area contributed by atoms with E-state index in [1.54, 1.807) is 31.5 Å². The van der Waals surface area contributed by atoms with E-state index in [2.05, 4.69) is 10.3 Å². The summed E-state index contributed by atoms with van der Waals surface area (Å²) in [4.78, 5) is 26.8. The molecule has 27 heavy (non-hydrogen) atoms. The van der Waals surface area contributed by atoms with Gasteiger partial charge in [-0.05, 0) is 35.4 Å². The first-order valence-electron chi connectivity index (χ1n) is 8.47. The predicted octanol–water partition coefficient (Wildman–Crippen LogP) is 3.00. The number of hydrogen-bond donors (Lipinski definition) is 3. The van der Waals surface area contributed by atoms with Crippen molar-refractivity contribution in [3.05, 3.63) is 71.9 Å². The number of carboxylic acids is 1. The molecule has 6 nitrogen and oxygen atoms in total. The van der Waals surface area contributed by atoms with E-state index in [0.29, 0.717) is 0 Å². The minimum absolute atomic E-state index is 0.196. The van der Waals surface area contributed by atoms with Gasteiger partial charge in [0.2, 0.25) is 5.91 Å². The quantitative estimate of drug-likeness (QED) is 0.562. The number of carbonyl (C=O) groups excluding carboxylic acids is 1. The Morgan fingerprint density at radius 1 is 1.19 bits per heavy atom. The summed E-state index contributed by atoms with van der Waals surface area (Å²) >= 11 is 0. The second kappa shape index (κ2) is 8.23. The first-order chi connectivity index (χ1) is 13.1. The van der Waals surface area contributed by atoms with Crippen LogP contribution in [0.25, 0.3) is 17.0 Å². The maximum Gasteiger partial charge on any atom is 0.326 e. The Morgan fingerprint density at radius 2 is 1.93 bits per heavy atom. The summed E-state index contributed by atoms with van der Waals surface area (Å²) in [5, 5.41) is 13.0. The monoisotopic (exact) mass is 364 g/mol. The number of para-hydroxylation sites is 1. The Hall–Kier alpha value is -3.54. The van der Waals surface area contributed by atoms with Crippen LogP contribution in [0.15, 0.2) is 60.8 Å². The molecular formula is C21H20N2O4. The summed E-state index contributed by atoms with van der Waals surface area (Å²) in [5.74, 6) is -0.814. The van der Waals surface area contributed by atoms with Gasteiger partial charge in [-0.2, -0.15) is 0 Å². The standard InChI is InChI=1S/C21H20N2O4/c1-27-16-9-6-14(7-10-16)8-11-20(24)23-19(21(25)26)12-15-13-22-18-5-3-2-4-17(15)18/h2-11,13,19,22H,12H2,1H3,(H,23,24)(H,25,26)/t19-/m0/s1. The van der Waals surface area contributed by atoms with Crippen molar-refractivity contribution in [2.45, 2.75) is 12.5 Å². The van der Waals surface area contributed by atoms with Gasteiger partial charge in [-0.25, -0.2) is 4.79 Å². The molecule has 2 aromatic carbocycles. The predicted molar refractivity (Wildman–Crippen MR) is 104 cm³/mol. The highest BCUT2D eigenvalue weighted by molar-refractivity contribution is 5.94. The molecule has 3 rings (SSSR count). The van der Waals surface area contributed by atoms with Crippen LogP contribution in [0, 0.1) is 0 Å². The largest absolute Gasteiger partial charge is 0.497 e. The maximum atomic E-state index is 12.2. The second-order valence-corrected chi connectivity index (χ2v) is 6.07. The highest BCUT2D eigenvalue weighted by atomic mass is 16.5. The zero-order chi connectivity index (χ0) is 19.2. The van der Waals surface area contributed by atoms with E-state index in [9.17, 15) is 14.7 Å². The van der Waals surface area contributed by atoms with E-state index >= 15 is 0 Å². The van der Waals surface area contributed by atoms with Crippen molar-refractivity contribution in [3.8, 4) is 5.75 Å². The van der Waals surface area contributed by atoms with E-state index in [1.165, 1.54) is 6.08 Å². The van der Waals surface area contributed by atoms with Crippen LogP contribution in [0.5, 0.6) is 5.75 Å². The van der Waals surface area contributed by atoms with Gasteiger partial charge >= 0.3 is 5.97 Å². The summed E-state index contributed by atoms with van der Waals surface area (Å²) < 4.78 is 5.08. The number of H-pyrrole nitrogens is 1. The molecule has 0 aliphatic carbocycles. The first kappa shape index (κ1) is 18.3. The zero-order valence-corrected chi connectivity index (χ0v) is 14.8. The lowest BCUT2D eigenvalue weighted by atomic mass is 10.0. The zero-order valence-electron chi connectivity index (χ0n) is 14.8. The van der Waals surface area contributed by atoms with Crippen molar-refractivity contribution in [2.75, 3.05) is 7.11 Å². The highest BCUT2D eigenvalue weighted by Crippen LogP contribution is 2.19. The summed E-state index contributed by atoms with van der Waals surface area (Å²) in [5.41, 5.74) is 2.59. The number of aromatic amines is 1. The van der Waals surface area contributed by atoms with Gasteiger partial charge in [0.25, 0.3) is 0 Å². The van der Waals surface area contributed by atoms with Crippen LogP contribution >= 0.6 is 0 Å². The van der Waals surface area contributed by atoms with E-state index < -0.39 is 17.9 Å². The van der Waals surface area contributed by atoms with E-state index in [0.717, 1.165) is 27.8 Å². The number of amides is 1. The highest BCUT2D eigenvalue weighted by Gasteiger charge is 2.21. The van der Waals surface area contributed by atoms with Crippen LogP contribution in [0.1, 0.15) is 11.1 Å². The summed E-state index contributed by atoms with van der Waals surface area (Å²) in [6, 6.07) is 13.8. The third kappa shape index (κ3) is 4.55. The van der Waals surface area contributed by atoms with Crippen molar-refractivity contribution in [3.63, 3.8) is 0 Å². The molecule has 0 radical (unpaired) electrons. The molecule has 0 fully saturated rings. The Kier molecular flexibility index (Phi) is 5.56. The maximum absolute atomic E-state index is 12.2. The number of carbonyl (C=O) groups is 2. The number of methoxy groups -OCH3 is 1. The van der Waals surface area contributed by atoms with Crippen LogP contribution in [0.2, 0.25) is 0 Å². The van der Waals surface area contributed by atoms with Gasteiger partial charge in [-0.1, -0.05) is 30.3 Å². The fraction of sp³-hybridized carbons (Fsp3) is 0.143. The summed E-state index contributed by atoms with van der Waals surface area (Å²) in [6.45, 7) is 0.